The Morgan fingerprint density at radius 3 is 2.82 bits per heavy atom. The first-order chi connectivity index (χ1) is 10.8. The number of carbonyl (C=O) groups excluding carboxylic acids is 1. The Labute approximate surface area is 126 Å². The molecular formula is C18H11N3O. The zero-order chi connectivity index (χ0) is 15.1. The van der Waals surface area contributed by atoms with Gasteiger partial charge in [0.15, 0.2) is 0 Å². The second kappa shape index (κ2) is 4.61. The van der Waals surface area contributed by atoms with Gasteiger partial charge in [0, 0.05) is 33.8 Å². The van der Waals surface area contributed by atoms with E-state index in [4.69, 9.17) is 5.26 Å². The van der Waals surface area contributed by atoms with Crippen LogP contribution in [0.15, 0.2) is 48.7 Å². The predicted molar refractivity (Wildman–Crippen MR) is 86.0 cm³/mol. The molecule has 2 heterocycles. The van der Waals surface area contributed by atoms with Gasteiger partial charge in [0.1, 0.15) is 6.07 Å². The van der Waals surface area contributed by atoms with Crippen LogP contribution in [-0.2, 0) is 4.79 Å². The van der Waals surface area contributed by atoms with E-state index in [0.717, 1.165) is 22.0 Å². The number of aromatic amines is 1. The molecule has 4 heteroatoms. The summed E-state index contributed by atoms with van der Waals surface area (Å²) >= 11 is 0. The minimum absolute atomic E-state index is 0.178. The van der Waals surface area contributed by atoms with Gasteiger partial charge in [0.2, 0.25) is 0 Å². The van der Waals surface area contributed by atoms with Crippen molar-refractivity contribution in [1.29, 1.82) is 5.26 Å². The predicted octanol–water partition coefficient (Wildman–Crippen LogP) is 3.53. The first-order valence-corrected chi connectivity index (χ1v) is 6.90. The summed E-state index contributed by atoms with van der Waals surface area (Å²) in [6.45, 7) is 0. The van der Waals surface area contributed by atoms with Gasteiger partial charge in [-0.1, -0.05) is 30.3 Å². The fraction of sp³-hybridized carbons (Fsp3) is 0. The molecule has 1 aliphatic rings. The quantitative estimate of drug-likeness (QED) is 0.671. The van der Waals surface area contributed by atoms with Crippen molar-refractivity contribution in [1.82, 2.24) is 4.98 Å². The van der Waals surface area contributed by atoms with Gasteiger partial charge in [-0.25, -0.2) is 0 Å². The van der Waals surface area contributed by atoms with Gasteiger partial charge in [0.25, 0.3) is 5.91 Å². The number of nitrogens with one attached hydrogen (secondary N) is 2. The zero-order valence-electron chi connectivity index (χ0n) is 11.6. The maximum Gasteiger partial charge on any atom is 0.256 e. The van der Waals surface area contributed by atoms with Crippen LogP contribution in [0.25, 0.3) is 22.6 Å². The molecule has 22 heavy (non-hydrogen) atoms. The number of hydrogen-bond acceptors (Lipinski definition) is 2. The van der Waals surface area contributed by atoms with Gasteiger partial charge in [-0.3, -0.25) is 4.79 Å². The number of hydrogen-bond donors (Lipinski definition) is 2. The van der Waals surface area contributed by atoms with Gasteiger partial charge < -0.3 is 10.3 Å². The second-order valence-corrected chi connectivity index (χ2v) is 5.14. The molecule has 0 fully saturated rings. The summed E-state index contributed by atoms with van der Waals surface area (Å²) in [5, 5.41) is 13.0. The van der Waals surface area contributed by atoms with E-state index < -0.39 is 0 Å². The van der Waals surface area contributed by atoms with E-state index in [2.05, 4.69) is 16.4 Å². The van der Waals surface area contributed by atoms with Crippen LogP contribution in [0.5, 0.6) is 0 Å². The highest BCUT2D eigenvalue weighted by Gasteiger charge is 2.26. The van der Waals surface area contributed by atoms with Crippen LogP contribution >= 0.6 is 0 Å². The van der Waals surface area contributed by atoms with Crippen LogP contribution in [0.2, 0.25) is 0 Å². The number of nitriles is 1. The molecule has 1 aromatic heterocycles. The maximum absolute atomic E-state index is 12.3. The van der Waals surface area contributed by atoms with E-state index in [-0.39, 0.29) is 5.91 Å². The molecular weight excluding hydrogens is 274 g/mol. The van der Waals surface area contributed by atoms with E-state index >= 15 is 0 Å². The lowest BCUT2D eigenvalue weighted by molar-refractivity contribution is -0.110. The molecule has 0 spiro atoms. The number of H-pyrrole nitrogens is 1. The van der Waals surface area contributed by atoms with Crippen LogP contribution in [-0.4, -0.2) is 10.9 Å². The molecule has 0 saturated carbocycles. The number of amides is 1. The van der Waals surface area contributed by atoms with Crippen LogP contribution in [0, 0.1) is 11.3 Å². The highest BCUT2D eigenvalue weighted by atomic mass is 16.2. The fourth-order valence-corrected chi connectivity index (χ4v) is 2.82. The number of rotatable bonds is 1. The summed E-state index contributed by atoms with van der Waals surface area (Å²) in [5.74, 6) is -0.178. The molecule has 4 rings (SSSR count). The van der Waals surface area contributed by atoms with Crippen molar-refractivity contribution < 1.29 is 4.79 Å². The first kappa shape index (κ1) is 12.4. The molecule has 0 unspecified atom stereocenters. The molecule has 4 nitrogen and oxygen atoms in total. The molecule has 0 bridgehead atoms. The van der Waals surface area contributed by atoms with E-state index in [1.807, 2.05) is 42.6 Å². The molecule has 3 aromatic rings. The number of nitrogens with zero attached hydrogens (tertiary/aromatic N) is 1. The Kier molecular flexibility index (Phi) is 2.60. The Morgan fingerprint density at radius 1 is 1.09 bits per heavy atom. The molecule has 0 aliphatic carbocycles. The van der Waals surface area contributed by atoms with E-state index in [1.54, 1.807) is 12.1 Å². The molecule has 104 valence electrons. The molecule has 0 saturated heterocycles. The Balaban J connectivity index is 1.91. The van der Waals surface area contributed by atoms with Crippen molar-refractivity contribution in [2.45, 2.75) is 0 Å². The minimum atomic E-state index is -0.178. The highest BCUT2D eigenvalue weighted by molar-refractivity contribution is 6.35. The third-order valence-corrected chi connectivity index (χ3v) is 3.88. The summed E-state index contributed by atoms with van der Waals surface area (Å²) in [6, 6.07) is 15.4. The summed E-state index contributed by atoms with van der Waals surface area (Å²) in [7, 11) is 0. The molecule has 1 amide bonds. The van der Waals surface area contributed by atoms with Crippen LogP contribution in [0.1, 0.15) is 16.7 Å². The molecule has 2 N–H and O–H groups in total. The van der Waals surface area contributed by atoms with Crippen LogP contribution < -0.4 is 5.32 Å². The largest absolute Gasteiger partial charge is 0.361 e. The van der Waals surface area contributed by atoms with Crippen molar-refractivity contribution in [3.8, 4) is 6.07 Å². The Morgan fingerprint density at radius 2 is 1.95 bits per heavy atom. The van der Waals surface area contributed by atoms with Crippen molar-refractivity contribution in [3.63, 3.8) is 0 Å². The third kappa shape index (κ3) is 1.73. The third-order valence-electron chi connectivity index (χ3n) is 3.88. The van der Waals surface area contributed by atoms with Gasteiger partial charge in [-0.05, 0) is 18.2 Å². The number of benzene rings is 2. The van der Waals surface area contributed by atoms with Crippen molar-refractivity contribution in [2.75, 3.05) is 5.32 Å². The number of carbonyl (C=O) groups is 1. The topological polar surface area (TPSA) is 68.7 Å². The van der Waals surface area contributed by atoms with Gasteiger partial charge in [-0.2, -0.15) is 5.26 Å². The summed E-state index contributed by atoms with van der Waals surface area (Å²) in [5.41, 5.74) is 4.41. The highest BCUT2D eigenvalue weighted by Crippen LogP contribution is 2.36. The molecule has 2 aromatic carbocycles. The average molecular weight is 285 g/mol. The second-order valence-electron chi connectivity index (χ2n) is 5.14. The summed E-state index contributed by atoms with van der Waals surface area (Å²) in [6.07, 6.45) is 3.75. The molecule has 0 radical (unpaired) electrons. The smallest absolute Gasteiger partial charge is 0.256 e. The summed E-state index contributed by atoms with van der Waals surface area (Å²) < 4.78 is 0. The van der Waals surface area contributed by atoms with E-state index in [9.17, 15) is 4.79 Å². The van der Waals surface area contributed by atoms with Gasteiger partial charge >= 0.3 is 0 Å². The lowest BCUT2D eigenvalue weighted by Crippen LogP contribution is -2.04. The number of aromatic nitrogens is 1. The van der Waals surface area contributed by atoms with Crippen molar-refractivity contribution in [3.05, 3.63) is 65.4 Å². The zero-order valence-corrected chi connectivity index (χ0v) is 11.6. The Bertz CT molecular complexity index is 989. The lowest BCUT2D eigenvalue weighted by Gasteiger charge is -1.99. The minimum Gasteiger partial charge on any atom is -0.361 e. The number of anilines is 1. The summed E-state index contributed by atoms with van der Waals surface area (Å²) in [4.78, 5) is 15.5. The fourth-order valence-electron chi connectivity index (χ4n) is 2.82. The number of fused-ring (bicyclic) bond motifs is 2. The average Bonchev–Trinajstić information content (AvgIpc) is 3.09. The number of para-hydroxylation sites is 2. The van der Waals surface area contributed by atoms with Crippen molar-refractivity contribution >= 4 is 34.1 Å². The van der Waals surface area contributed by atoms with E-state index in [1.165, 1.54) is 0 Å². The molecule has 1 aliphatic heterocycles. The monoisotopic (exact) mass is 285 g/mol. The lowest BCUT2D eigenvalue weighted by atomic mass is 10.0. The maximum atomic E-state index is 12.3. The molecule has 0 atom stereocenters. The van der Waals surface area contributed by atoms with Gasteiger partial charge in [-0.15, -0.1) is 0 Å². The SMILES string of the molecule is N#Cc1cccc2c1NC(=O)/C2=C\c1c[nH]c2ccccc12. The van der Waals surface area contributed by atoms with Crippen molar-refractivity contribution in [2.24, 2.45) is 0 Å². The standard InChI is InChI=1S/C18H11N3O/c19-9-11-4-3-6-14-15(18(22)21-17(11)14)8-12-10-20-16-7-2-1-5-13(12)16/h1-8,10,20H,(H,21,22)/b15-8-. The van der Waals surface area contributed by atoms with Gasteiger partial charge in [0.05, 0.1) is 11.3 Å². The first-order valence-electron chi connectivity index (χ1n) is 6.90. The van der Waals surface area contributed by atoms with Crippen LogP contribution in [0.4, 0.5) is 5.69 Å². The van der Waals surface area contributed by atoms with E-state index in [0.29, 0.717) is 16.8 Å². The Hall–Kier alpha value is -3.32. The van der Waals surface area contributed by atoms with Crippen LogP contribution in [0.3, 0.4) is 0 Å². The normalized spacial score (nSPS) is 14.9.